The molecule has 0 amide bonds. The van der Waals surface area contributed by atoms with Gasteiger partial charge in [0.15, 0.2) is 0 Å². The molecule has 2 N–H and O–H groups in total. The smallest absolute Gasteiger partial charge is 0.0695 e. The summed E-state index contributed by atoms with van der Waals surface area (Å²) < 4.78 is 0. The van der Waals surface area contributed by atoms with Gasteiger partial charge in [0.1, 0.15) is 0 Å². The van der Waals surface area contributed by atoms with E-state index in [1.165, 1.54) is 45.1 Å². The number of hydrogen-bond acceptors (Lipinski definition) is 3. The number of rotatable bonds is 3. The number of nitrogens with one attached hydrogen (secondary N) is 1. The van der Waals surface area contributed by atoms with Crippen LogP contribution >= 0.6 is 0 Å². The molecule has 3 atom stereocenters. The predicted molar refractivity (Wildman–Crippen MR) is 66.5 cm³/mol. The molecule has 0 aromatic heterocycles. The monoisotopic (exact) mass is 226 g/mol. The van der Waals surface area contributed by atoms with Crippen molar-refractivity contribution in [1.82, 2.24) is 10.2 Å². The topological polar surface area (TPSA) is 35.5 Å². The number of likely N-dealkylation sites (N-methyl/N-ethyl adjacent to an activating group) is 1. The first-order valence-electron chi connectivity index (χ1n) is 6.89. The first-order valence-corrected chi connectivity index (χ1v) is 6.89. The number of aliphatic hydroxyl groups is 1. The van der Waals surface area contributed by atoms with Crippen molar-refractivity contribution in [2.45, 2.75) is 63.1 Å². The van der Waals surface area contributed by atoms with Crippen LogP contribution in [0.1, 0.15) is 44.9 Å². The van der Waals surface area contributed by atoms with E-state index in [1.807, 2.05) is 0 Å². The Kier molecular flexibility index (Phi) is 4.62. The van der Waals surface area contributed by atoms with Crippen molar-refractivity contribution in [1.29, 1.82) is 0 Å². The predicted octanol–water partition coefficient (Wildman–Crippen LogP) is 1.36. The Morgan fingerprint density at radius 1 is 1.12 bits per heavy atom. The molecule has 3 heteroatoms. The zero-order valence-electron chi connectivity index (χ0n) is 10.5. The van der Waals surface area contributed by atoms with Crippen LogP contribution in [0.25, 0.3) is 0 Å². The van der Waals surface area contributed by atoms with Crippen LogP contribution in [0.2, 0.25) is 0 Å². The fourth-order valence-electron chi connectivity index (χ4n) is 3.18. The molecule has 94 valence electrons. The maximum atomic E-state index is 10.1. The van der Waals surface area contributed by atoms with Crippen molar-refractivity contribution in [3.05, 3.63) is 0 Å². The Morgan fingerprint density at radius 2 is 1.94 bits per heavy atom. The van der Waals surface area contributed by atoms with Gasteiger partial charge in [0.05, 0.1) is 6.10 Å². The normalized spacial score (nSPS) is 36.6. The zero-order valence-corrected chi connectivity index (χ0v) is 10.5. The van der Waals surface area contributed by atoms with E-state index < -0.39 is 0 Å². The highest BCUT2D eigenvalue weighted by Gasteiger charge is 2.27. The minimum Gasteiger partial charge on any atom is -0.391 e. The molecular weight excluding hydrogens is 200 g/mol. The average molecular weight is 226 g/mol. The minimum atomic E-state index is -0.103. The molecule has 2 rings (SSSR count). The van der Waals surface area contributed by atoms with Gasteiger partial charge in [-0.05, 0) is 39.3 Å². The van der Waals surface area contributed by atoms with Crippen LogP contribution in [-0.4, -0.2) is 48.3 Å². The molecule has 16 heavy (non-hydrogen) atoms. The van der Waals surface area contributed by atoms with Gasteiger partial charge in [-0.25, -0.2) is 0 Å². The standard InChI is InChI=1S/C13H26N2O/c1-15(10-11-6-5-9-14-11)12-7-3-2-4-8-13(12)16/h11-14,16H,2-10H2,1H3. The summed E-state index contributed by atoms with van der Waals surface area (Å²) >= 11 is 0. The molecule has 3 unspecified atom stereocenters. The quantitative estimate of drug-likeness (QED) is 0.713. The van der Waals surface area contributed by atoms with Gasteiger partial charge in [-0.2, -0.15) is 0 Å². The largest absolute Gasteiger partial charge is 0.391 e. The zero-order chi connectivity index (χ0) is 11.4. The van der Waals surface area contributed by atoms with Crippen molar-refractivity contribution in [2.24, 2.45) is 0 Å². The summed E-state index contributed by atoms with van der Waals surface area (Å²) in [6.45, 7) is 2.27. The number of nitrogens with zero attached hydrogens (tertiary/aromatic N) is 1. The lowest BCUT2D eigenvalue weighted by Crippen LogP contribution is -2.46. The number of hydrogen-bond donors (Lipinski definition) is 2. The third-order valence-corrected chi connectivity index (χ3v) is 4.18. The lowest BCUT2D eigenvalue weighted by molar-refractivity contribution is 0.0543. The van der Waals surface area contributed by atoms with Crippen LogP contribution in [0.15, 0.2) is 0 Å². The Labute approximate surface area is 99.2 Å². The van der Waals surface area contributed by atoms with Crippen LogP contribution in [0.4, 0.5) is 0 Å². The molecule has 1 aliphatic carbocycles. The van der Waals surface area contributed by atoms with E-state index in [0.29, 0.717) is 12.1 Å². The van der Waals surface area contributed by atoms with Crippen molar-refractivity contribution in [2.75, 3.05) is 20.1 Å². The fourth-order valence-corrected chi connectivity index (χ4v) is 3.18. The lowest BCUT2D eigenvalue weighted by atomic mass is 10.0. The van der Waals surface area contributed by atoms with Crippen LogP contribution in [-0.2, 0) is 0 Å². The molecule has 0 spiro atoms. The van der Waals surface area contributed by atoms with Gasteiger partial charge in [-0.3, -0.25) is 4.90 Å². The molecule has 3 nitrogen and oxygen atoms in total. The Morgan fingerprint density at radius 3 is 2.69 bits per heavy atom. The van der Waals surface area contributed by atoms with Gasteiger partial charge in [0, 0.05) is 18.6 Å². The van der Waals surface area contributed by atoms with Crippen LogP contribution < -0.4 is 5.32 Å². The van der Waals surface area contributed by atoms with Crippen molar-refractivity contribution in [3.63, 3.8) is 0 Å². The maximum Gasteiger partial charge on any atom is 0.0695 e. The van der Waals surface area contributed by atoms with Crippen LogP contribution in [0, 0.1) is 0 Å². The maximum absolute atomic E-state index is 10.1. The number of aliphatic hydroxyl groups excluding tert-OH is 1. The summed E-state index contributed by atoms with van der Waals surface area (Å²) in [5, 5.41) is 13.7. The highest BCUT2D eigenvalue weighted by atomic mass is 16.3. The molecule has 0 aromatic carbocycles. The Balaban J connectivity index is 1.83. The fraction of sp³-hybridized carbons (Fsp3) is 1.00. The molecule has 0 aromatic rings. The first-order chi connectivity index (χ1) is 7.77. The lowest BCUT2D eigenvalue weighted by Gasteiger charge is -2.32. The third-order valence-electron chi connectivity index (χ3n) is 4.18. The minimum absolute atomic E-state index is 0.103. The Bertz CT molecular complexity index is 204. The van der Waals surface area contributed by atoms with Gasteiger partial charge in [0.2, 0.25) is 0 Å². The second-order valence-corrected chi connectivity index (χ2v) is 5.51. The molecule has 0 radical (unpaired) electrons. The van der Waals surface area contributed by atoms with Gasteiger partial charge in [-0.1, -0.05) is 19.3 Å². The highest BCUT2D eigenvalue weighted by Crippen LogP contribution is 2.22. The summed E-state index contributed by atoms with van der Waals surface area (Å²) in [6.07, 6.45) is 8.45. The second kappa shape index (κ2) is 5.99. The van der Waals surface area contributed by atoms with E-state index in [0.717, 1.165) is 13.0 Å². The molecular formula is C13H26N2O. The van der Waals surface area contributed by atoms with Gasteiger partial charge in [0.25, 0.3) is 0 Å². The summed E-state index contributed by atoms with van der Waals surface area (Å²) in [4.78, 5) is 2.39. The van der Waals surface area contributed by atoms with Crippen molar-refractivity contribution >= 4 is 0 Å². The van der Waals surface area contributed by atoms with Gasteiger partial charge in [-0.15, -0.1) is 0 Å². The van der Waals surface area contributed by atoms with Gasteiger partial charge < -0.3 is 10.4 Å². The molecule has 1 saturated carbocycles. The molecule has 1 saturated heterocycles. The van der Waals surface area contributed by atoms with E-state index in [1.54, 1.807) is 0 Å². The molecule has 2 aliphatic rings. The van der Waals surface area contributed by atoms with E-state index in [4.69, 9.17) is 0 Å². The van der Waals surface area contributed by atoms with E-state index in [-0.39, 0.29) is 6.10 Å². The van der Waals surface area contributed by atoms with Crippen molar-refractivity contribution in [3.8, 4) is 0 Å². The SMILES string of the molecule is CN(CC1CCCN1)C1CCCCCC1O. The molecule has 1 aliphatic heterocycles. The average Bonchev–Trinajstić information content (AvgIpc) is 2.66. The molecule has 1 heterocycles. The summed E-state index contributed by atoms with van der Waals surface area (Å²) in [5.74, 6) is 0. The summed E-state index contributed by atoms with van der Waals surface area (Å²) in [7, 11) is 2.18. The summed E-state index contributed by atoms with van der Waals surface area (Å²) in [5.41, 5.74) is 0. The first kappa shape index (κ1) is 12.3. The highest BCUT2D eigenvalue weighted by molar-refractivity contribution is 4.84. The molecule has 2 fully saturated rings. The van der Waals surface area contributed by atoms with E-state index in [2.05, 4.69) is 17.3 Å². The van der Waals surface area contributed by atoms with E-state index in [9.17, 15) is 5.11 Å². The summed E-state index contributed by atoms with van der Waals surface area (Å²) in [6, 6.07) is 1.05. The van der Waals surface area contributed by atoms with Crippen LogP contribution in [0.3, 0.4) is 0 Å². The third kappa shape index (κ3) is 3.19. The Hall–Kier alpha value is -0.120. The van der Waals surface area contributed by atoms with E-state index >= 15 is 0 Å². The van der Waals surface area contributed by atoms with Crippen LogP contribution in [0.5, 0.6) is 0 Å². The molecule has 0 bridgehead atoms. The van der Waals surface area contributed by atoms with Crippen molar-refractivity contribution < 1.29 is 5.11 Å². The van der Waals surface area contributed by atoms with Gasteiger partial charge >= 0.3 is 0 Å². The second-order valence-electron chi connectivity index (χ2n) is 5.51.